The number of esters is 3. The monoisotopic (exact) mass is 684 g/mol. The molecule has 0 saturated heterocycles. The molecule has 1 aromatic rings. The summed E-state index contributed by atoms with van der Waals surface area (Å²) in [5.41, 5.74) is -3.39. The molecule has 1 aromatic heterocycles. The van der Waals surface area contributed by atoms with Crippen LogP contribution in [0.2, 0.25) is 0 Å². The number of ether oxygens (including phenoxy) is 6. The number of carbonyl (C=O) groups is 6. The molecule has 0 aliphatic rings. The van der Waals surface area contributed by atoms with Gasteiger partial charge < -0.3 is 44.4 Å². The molecule has 1 rings (SSSR count). The molecule has 21 nitrogen and oxygen atoms in total. The molecule has 0 radical (unpaired) electrons. The number of hydrogen-bond acceptors (Lipinski definition) is 15. The fourth-order valence-electron chi connectivity index (χ4n) is 3.19. The van der Waals surface area contributed by atoms with Crippen molar-refractivity contribution in [3.8, 4) is 0 Å². The first-order chi connectivity index (χ1) is 22.9. The van der Waals surface area contributed by atoms with Gasteiger partial charge in [0.2, 0.25) is 0 Å². The van der Waals surface area contributed by atoms with Gasteiger partial charge in [-0.15, -0.1) is 0 Å². The normalized spacial score (nSPS) is 10.0. The predicted molar refractivity (Wildman–Crippen MR) is 161 cm³/mol. The van der Waals surface area contributed by atoms with Crippen molar-refractivity contribution in [2.24, 2.45) is 0 Å². The van der Waals surface area contributed by atoms with Crippen LogP contribution in [0.25, 0.3) is 0 Å². The van der Waals surface area contributed by atoms with Gasteiger partial charge in [0.05, 0.1) is 39.3 Å². The minimum Gasteiger partial charge on any atom is -0.461 e. The zero-order chi connectivity index (χ0) is 35.9. The third-order valence-electron chi connectivity index (χ3n) is 5.38. The molecule has 21 heteroatoms. The number of nitrogens with zero attached hydrogens (tertiary/aromatic N) is 3. The summed E-state index contributed by atoms with van der Waals surface area (Å²) in [6, 6.07) is 0. The maximum atomic E-state index is 13.1. The molecule has 3 amide bonds. The summed E-state index contributed by atoms with van der Waals surface area (Å²) in [5, 5.41) is 6.82. The van der Waals surface area contributed by atoms with Crippen LogP contribution < -0.4 is 33.0 Å². The summed E-state index contributed by atoms with van der Waals surface area (Å²) in [6.45, 7) is 5.67. The lowest BCUT2D eigenvalue weighted by molar-refractivity contribution is -0.138. The van der Waals surface area contributed by atoms with E-state index >= 15 is 0 Å². The highest BCUT2D eigenvalue weighted by molar-refractivity contribution is 5.81. The summed E-state index contributed by atoms with van der Waals surface area (Å²) in [7, 11) is 0. The van der Waals surface area contributed by atoms with Crippen molar-refractivity contribution in [1.29, 1.82) is 0 Å². The smallest absolute Gasteiger partial charge is 0.407 e. The summed E-state index contributed by atoms with van der Waals surface area (Å²) in [6.07, 6.45) is -0.106. The molecule has 264 valence electrons. The molecule has 0 fully saturated rings. The van der Waals surface area contributed by atoms with E-state index in [1.807, 2.05) is 0 Å². The lowest BCUT2D eigenvalue weighted by atomic mass is 10.5. The number of hydrogen-bond donors (Lipinski definition) is 3. The van der Waals surface area contributed by atoms with Gasteiger partial charge in [-0.05, 0) is 0 Å². The fourth-order valence-corrected chi connectivity index (χ4v) is 3.19. The minimum absolute atomic E-state index is 0.114. The SMILES string of the molecule is C=CC(=O)OCCNC(=O)OCCn1c(=O)n(CCOC(=O)NCCOC(=O)C=C)c(=O)n(CCOC(=O)NCCOC(=O)C=C)c1=O. The molecule has 3 N–H and O–H groups in total. The fraction of sp³-hybridized carbons (Fsp3) is 0.444. The van der Waals surface area contributed by atoms with Gasteiger partial charge in [0.25, 0.3) is 0 Å². The van der Waals surface area contributed by atoms with Crippen LogP contribution in [0.4, 0.5) is 14.4 Å². The van der Waals surface area contributed by atoms with E-state index in [1.54, 1.807) is 0 Å². The highest BCUT2D eigenvalue weighted by atomic mass is 16.6. The first-order valence-corrected chi connectivity index (χ1v) is 14.0. The van der Waals surface area contributed by atoms with Crippen LogP contribution in [0.1, 0.15) is 0 Å². The Labute approximate surface area is 271 Å². The molecular weight excluding hydrogens is 648 g/mol. The number of aromatic nitrogens is 3. The second-order valence-electron chi connectivity index (χ2n) is 8.61. The molecule has 0 unspecified atom stereocenters. The van der Waals surface area contributed by atoms with E-state index in [-0.39, 0.29) is 39.5 Å². The number of amides is 3. The molecule has 0 atom stereocenters. The number of nitrogens with one attached hydrogen (secondary N) is 3. The van der Waals surface area contributed by atoms with Gasteiger partial charge in [0.1, 0.15) is 39.6 Å². The molecule has 0 aromatic carbocycles. The van der Waals surface area contributed by atoms with Crippen LogP contribution >= 0.6 is 0 Å². The van der Waals surface area contributed by atoms with Gasteiger partial charge in [0, 0.05) is 18.2 Å². The minimum atomic E-state index is -1.13. The molecule has 48 heavy (non-hydrogen) atoms. The predicted octanol–water partition coefficient (Wildman–Crippen LogP) is -2.46. The molecule has 0 saturated carbocycles. The van der Waals surface area contributed by atoms with Crippen molar-refractivity contribution in [3.63, 3.8) is 0 Å². The zero-order valence-corrected chi connectivity index (χ0v) is 25.8. The van der Waals surface area contributed by atoms with Crippen molar-refractivity contribution in [3.05, 3.63) is 69.4 Å². The lowest BCUT2D eigenvalue weighted by Crippen LogP contribution is -2.55. The summed E-state index contributed by atoms with van der Waals surface area (Å²) < 4.78 is 30.6. The summed E-state index contributed by atoms with van der Waals surface area (Å²) >= 11 is 0. The van der Waals surface area contributed by atoms with Crippen LogP contribution in [0, 0.1) is 0 Å². The van der Waals surface area contributed by atoms with Crippen molar-refractivity contribution in [1.82, 2.24) is 29.7 Å². The van der Waals surface area contributed by atoms with Gasteiger partial charge in [-0.3, -0.25) is 0 Å². The number of carbonyl (C=O) groups excluding carboxylic acids is 6. The maximum absolute atomic E-state index is 13.1. The summed E-state index contributed by atoms with van der Waals surface area (Å²) in [4.78, 5) is 108. The third-order valence-corrected chi connectivity index (χ3v) is 5.38. The van der Waals surface area contributed by atoms with E-state index in [1.165, 1.54) is 0 Å². The van der Waals surface area contributed by atoms with Crippen LogP contribution in [-0.2, 0) is 62.4 Å². The Morgan fingerprint density at radius 2 is 0.708 bits per heavy atom. The molecule has 0 bridgehead atoms. The molecule has 0 spiro atoms. The highest BCUT2D eigenvalue weighted by Gasteiger charge is 2.17. The van der Waals surface area contributed by atoms with E-state index in [2.05, 4.69) is 35.7 Å². The molecule has 1 heterocycles. The average molecular weight is 685 g/mol. The van der Waals surface area contributed by atoms with Gasteiger partial charge in [0.15, 0.2) is 0 Å². The standard InChI is InChI=1S/C27H36N6O15/c1-4-19(34)43-13-7-28-22(37)46-16-10-31-25(40)32(11-17-47-23(38)29-8-14-44-20(35)5-2)27(42)33(26(31)41)12-18-48-24(39)30-9-15-45-21(36)6-3/h4-6H,1-3,7-18H2,(H,28,37)(H,29,38)(H,30,39). The topological polar surface area (TPSA) is 260 Å². The Morgan fingerprint density at radius 3 is 0.938 bits per heavy atom. The van der Waals surface area contributed by atoms with E-state index < -0.39 is 92.7 Å². The molecule has 0 aliphatic heterocycles. The van der Waals surface area contributed by atoms with Gasteiger partial charge >= 0.3 is 53.3 Å². The third kappa shape index (κ3) is 15.2. The number of rotatable bonds is 21. The zero-order valence-electron chi connectivity index (χ0n) is 25.8. The Bertz CT molecular complexity index is 1300. The first kappa shape index (κ1) is 39.9. The average Bonchev–Trinajstić information content (AvgIpc) is 3.07. The Morgan fingerprint density at radius 1 is 0.458 bits per heavy atom. The van der Waals surface area contributed by atoms with Gasteiger partial charge in [-0.1, -0.05) is 19.7 Å². The van der Waals surface area contributed by atoms with Crippen molar-refractivity contribution < 1.29 is 57.2 Å². The van der Waals surface area contributed by atoms with E-state index in [4.69, 9.17) is 28.4 Å². The highest BCUT2D eigenvalue weighted by Crippen LogP contribution is 1.88. The largest absolute Gasteiger partial charge is 0.461 e. The van der Waals surface area contributed by atoms with E-state index in [0.717, 1.165) is 18.2 Å². The second kappa shape index (κ2) is 22.4. The quantitative estimate of drug-likeness (QED) is 0.0525. The Kier molecular flexibility index (Phi) is 18.6. The van der Waals surface area contributed by atoms with Crippen LogP contribution in [0.5, 0.6) is 0 Å². The van der Waals surface area contributed by atoms with Gasteiger partial charge in [-0.25, -0.2) is 56.9 Å². The van der Waals surface area contributed by atoms with Crippen LogP contribution in [0.3, 0.4) is 0 Å². The van der Waals surface area contributed by atoms with E-state index in [0.29, 0.717) is 13.7 Å². The van der Waals surface area contributed by atoms with Crippen LogP contribution in [-0.4, -0.2) is 109 Å². The van der Waals surface area contributed by atoms with Crippen molar-refractivity contribution in [2.75, 3.05) is 59.3 Å². The maximum Gasteiger partial charge on any atom is 0.407 e. The molecular formula is C27H36N6O15. The number of alkyl carbamates (subject to hydrolysis) is 3. The van der Waals surface area contributed by atoms with E-state index in [9.17, 15) is 43.2 Å². The Balaban J connectivity index is 2.94. The Hall–Kier alpha value is -6.15. The summed E-state index contributed by atoms with van der Waals surface area (Å²) in [5.74, 6) is -2.11. The van der Waals surface area contributed by atoms with Crippen molar-refractivity contribution >= 4 is 36.2 Å². The van der Waals surface area contributed by atoms with Crippen molar-refractivity contribution in [2.45, 2.75) is 19.6 Å². The molecule has 0 aliphatic carbocycles. The van der Waals surface area contributed by atoms with Gasteiger partial charge in [-0.2, -0.15) is 0 Å². The first-order valence-electron chi connectivity index (χ1n) is 14.0. The van der Waals surface area contributed by atoms with Crippen LogP contribution in [0.15, 0.2) is 52.3 Å². The second-order valence-corrected chi connectivity index (χ2v) is 8.61. The lowest BCUT2D eigenvalue weighted by Gasteiger charge is -2.15.